The molecule has 1 fully saturated rings. The average molecular weight is 474 g/mol. The molecule has 0 aliphatic carbocycles. The predicted molar refractivity (Wildman–Crippen MR) is 122 cm³/mol. The molecule has 1 aromatic carbocycles. The Kier molecular flexibility index (Phi) is 5.66. The van der Waals surface area contributed by atoms with Crippen LogP contribution < -0.4 is 16.6 Å². The summed E-state index contributed by atoms with van der Waals surface area (Å²) in [6.45, 7) is 0.256. The van der Waals surface area contributed by atoms with Crippen LogP contribution in [0.1, 0.15) is 12.8 Å². The number of nitrogens with zero attached hydrogens (tertiary/aromatic N) is 6. The van der Waals surface area contributed by atoms with Crippen LogP contribution in [0.15, 0.2) is 49.5 Å². The largest absolute Gasteiger partial charge is 0.362 e. The summed E-state index contributed by atoms with van der Waals surface area (Å²) in [6, 6.07) is 5.54. The van der Waals surface area contributed by atoms with Crippen molar-refractivity contribution < 1.29 is 13.2 Å². The third-order valence-electron chi connectivity index (χ3n) is 5.50. The Hall–Kier alpha value is -3.74. The van der Waals surface area contributed by atoms with Crippen LogP contribution in [0.4, 0.5) is 5.69 Å². The predicted octanol–water partition coefficient (Wildman–Crippen LogP) is -0.115. The zero-order valence-corrected chi connectivity index (χ0v) is 19.2. The molecule has 174 valence electrons. The molecule has 0 atom stereocenters. The molecule has 33 heavy (non-hydrogen) atoms. The van der Waals surface area contributed by atoms with Crippen LogP contribution in [0.25, 0.3) is 11.2 Å². The van der Waals surface area contributed by atoms with E-state index in [1.807, 2.05) is 0 Å². The lowest BCUT2D eigenvalue weighted by atomic mass is 10.3. The third kappa shape index (κ3) is 4.18. The summed E-state index contributed by atoms with van der Waals surface area (Å²) in [4.78, 5) is 43.6. The minimum Gasteiger partial charge on any atom is -0.362 e. The fourth-order valence-corrected chi connectivity index (χ4v) is 4.78. The molecule has 12 nitrogen and oxygen atoms in total. The molecule has 1 N–H and O–H groups in total. The number of carbonyl (C=O) groups excluding carboxylic acids is 1. The number of sulfonamides is 1. The van der Waals surface area contributed by atoms with Gasteiger partial charge in [0, 0.05) is 39.8 Å². The van der Waals surface area contributed by atoms with Crippen molar-refractivity contribution in [1.82, 2.24) is 23.6 Å². The number of carbonyl (C=O) groups is 1. The van der Waals surface area contributed by atoms with Gasteiger partial charge in [-0.3, -0.25) is 14.2 Å². The molecule has 1 saturated heterocycles. The van der Waals surface area contributed by atoms with Crippen LogP contribution in [-0.2, 0) is 35.5 Å². The maximum Gasteiger partial charge on any atom is 0.332 e. The van der Waals surface area contributed by atoms with Crippen molar-refractivity contribution in [3.8, 4) is 0 Å². The first-order chi connectivity index (χ1) is 15.6. The molecule has 1 aliphatic heterocycles. The molecule has 0 saturated carbocycles. The second kappa shape index (κ2) is 8.31. The highest BCUT2D eigenvalue weighted by Gasteiger charge is 2.21. The first-order valence-corrected chi connectivity index (χ1v) is 11.6. The summed E-state index contributed by atoms with van der Waals surface area (Å²) in [5.74, 6) is -0.0936. The number of rotatable bonds is 5. The summed E-state index contributed by atoms with van der Waals surface area (Å²) >= 11 is 0. The molecular weight excluding hydrogens is 450 g/mol. The normalized spacial score (nSPS) is 15.5. The first kappa shape index (κ1) is 22.5. The molecular formula is C20H23N7O5S. The number of amidine groups is 1. The van der Waals surface area contributed by atoms with Gasteiger partial charge in [-0.15, -0.1) is 4.40 Å². The number of fused-ring (bicyclic) bond motifs is 1. The van der Waals surface area contributed by atoms with Crippen molar-refractivity contribution in [3.05, 3.63) is 51.4 Å². The molecule has 0 radical (unpaired) electrons. The van der Waals surface area contributed by atoms with Crippen LogP contribution in [0, 0.1) is 0 Å². The number of amides is 1. The van der Waals surface area contributed by atoms with Crippen LogP contribution in [0.5, 0.6) is 0 Å². The van der Waals surface area contributed by atoms with E-state index in [-0.39, 0.29) is 16.1 Å². The molecule has 3 aromatic rings. The number of aromatic nitrogens is 4. The third-order valence-corrected chi connectivity index (χ3v) is 6.82. The highest BCUT2D eigenvalue weighted by molar-refractivity contribution is 7.90. The topological polar surface area (TPSA) is 141 Å². The highest BCUT2D eigenvalue weighted by Crippen LogP contribution is 2.19. The number of benzene rings is 1. The SMILES string of the molecule is CN1CCC/C1=N\S(=O)(=O)c1ccc(NC(=O)Cn2c(=O)c3c(ncn3C)n(C)c2=O)cc1. The molecule has 13 heteroatoms. The Morgan fingerprint density at radius 1 is 1.15 bits per heavy atom. The number of likely N-dealkylation sites (tertiary alicyclic amines) is 1. The second-order valence-electron chi connectivity index (χ2n) is 7.84. The molecule has 4 rings (SSSR count). The van der Waals surface area contributed by atoms with Gasteiger partial charge in [0.25, 0.3) is 15.6 Å². The summed E-state index contributed by atoms with van der Waals surface area (Å²) in [6.07, 6.45) is 2.88. The number of imidazole rings is 1. The maximum atomic E-state index is 12.7. The van der Waals surface area contributed by atoms with E-state index in [4.69, 9.17) is 0 Å². The van der Waals surface area contributed by atoms with E-state index >= 15 is 0 Å². The lowest BCUT2D eigenvalue weighted by Crippen LogP contribution is -2.42. The molecule has 0 unspecified atom stereocenters. The van der Waals surface area contributed by atoms with E-state index < -0.39 is 33.7 Å². The van der Waals surface area contributed by atoms with Gasteiger partial charge in [-0.05, 0) is 30.7 Å². The number of hydrogen-bond donors (Lipinski definition) is 1. The summed E-state index contributed by atoms with van der Waals surface area (Å²) in [5.41, 5.74) is -0.544. The van der Waals surface area contributed by atoms with Crippen LogP contribution in [0.3, 0.4) is 0 Å². The van der Waals surface area contributed by atoms with Crippen LogP contribution in [0.2, 0.25) is 0 Å². The van der Waals surface area contributed by atoms with E-state index in [1.165, 1.54) is 46.8 Å². The van der Waals surface area contributed by atoms with Crippen LogP contribution in [-0.4, -0.2) is 57.3 Å². The quantitative estimate of drug-likeness (QED) is 0.545. The van der Waals surface area contributed by atoms with Gasteiger partial charge >= 0.3 is 5.69 Å². The Morgan fingerprint density at radius 2 is 1.85 bits per heavy atom. The zero-order valence-electron chi connectivity index (χ0n) is 18.3. The fraction of sp³-hybridized carbons (Fsp3) is 0.350. The minimum absolute atomic E-state index is 0.0000436. The van der Waals surface area contributed by atoms with Crippen molar-refractivity contribution in [3.63, 3.8) is 0 Å². The molecule has 0 bridgehead atoms. The maximum absolute atomic E-state index is 12.7. The minimum atomic E-state index is -3.87. The van der Waals surface area contributed by atoms with Gasteiger partial charge in [0.1, 0.15) is 12.4 Å². The van der Waals surface area contributed by atoms with E-state index in [1.54, 1.807) is 19.0 Å². The first-order valence-electron chi connectivity index (χ1n) is 10.1. The summed E-state index contributed by atoms with van der Waals surface area (Å²) in [5, 5.41) is 2.57. The average Bonchev–Trinajstić information content (AvgIpc) is 3.35. The van der Waals surface area contributed by atoms with Crippen molar-refractivity contribution in [1.29, 1.82) is 0 Å². The van der Waals surface area contributed by atoms with Crippen LogP contribution >= 0.6 is 0 Å². The highest BCUT2D eigenvalue weighted by atomic mass is 32.2. The van der Waals surface area contributed by atoms with E-state index in [0.717, 1.165) is 17.5 Å². The number of anilines is 1. The summed E-state index contributed by atoms with van der Waals surface area (Å²) in [7, 11) is 1.02. The van der Waals surface area contributed by atoms with Gasteiger partial charge in [0.2, 0.25) is 5.91 Å². The second-order valence-corrected chi connectivity index (χ2v) is 9.44. The smallest absolute Gasteiger partial charge is 0.332 e. The fourth-order valence-electron chi connectivity index (χ4n) is 3.69. The van der Waals surface area contributed by atoms with E-state index in [2.05, 4.69) is 14.7 Å². The van der Waals surface area contributed by atoms with Gasteiger partial charge < -0.3 is 14.8 Å². The van der Waals surface area contributed by atoms with Gasteiger partial charge in [0.15, 0.2) is 11.2 Å². The van der Waals surface area contributed by atoms with Gasteiger partial charge in [0.05, 0.1) is 11.2 Å². The summed E-state index contributed by atoms with van der Waals surface area (Å²) < 4.78 is 32.5. The zero-order chi connectivity index (χ0) is 23.9. The number of nitrogens with one attached hydrogen (secondary N) is 1. The number of hydrogen-bond acceptors (Lipinski definition) is 6. The Bertz CT molecular complexity index is 1500. The molecule has 1 amide bonds. The standard InChI is InChI=1S/C20H23N7O5S/c1-24-10-4-5-15(24)23-33(31,32)14-8-6-13(7-9-14)22-16(28)11-27-19(29)17-18(21-12-25(17)2)26(3)20(27)30/h6-9,12H,4-5,10-11H2,1-3H3,(H,22,28)/b23-15+. The van der Waals surface area contributed by atoms with Crippen molar-refractivity contribution in [2.75, 3.05) is 18.9 Å². The molecule has 3 heterocycles. The monoisotopic (exact) mass is 473 g/mol. The van der Waals surface area contributed by atoms with Crippen molar-refractivity contribution in [2.45, 2.75) is 24.3 Å². The van der Waals surface area contributed by atoms with E-state index in [0.29, 0.717) is 17.9 Å². The van der Waals surface area contributed by atoms with Crippen molar-refractivity contribution >= 4 is 38.6 Å². The molecule has 0 spiro atoms. The number of aryl methyl sites for hydroxylation is 2. The lowest BCUT2D eigenvalue weighted by molar-refractivity contribution is -0.116. The Balaban J connectivity index is 1.53. The molecule has 1 aliphatic rings. The lowest BCUT2D eigenvalue weighted by Gasteiger charge is -2.11. The van der Waals surface area contributed by atoms with Gasteiger partial charge in [-0.25, -0.2) is 14.3 Å². The van der Waals surface area contributed by atoms with E-state index in [9.17, 15) is 22.8 Å². The Morgan fingerprint density at radius 3 is 2.48 bits per heavy atom. The molecule has 2 aromatic heterocycles. The van der Waals surface area contributed by atoms with Gasteiger partial charge in [-0.2, -0.15) is 8.42 Å². The van der Waals surface area contributed by atoms with Crippen molar-refractivity contribution in [2.24, 2.45) is 18.5 Å². The Labute approximate surface area is 188 Å². The van der Waals surface area contributed by atoms with Gasteiger partial charge in [-0.1, -0.05) is 0 Å².